The third-order valence-corrected chi connectivity index (χ3v) is 5.57. The van der Waals surface area contributed by atoms with E-state index in [1.54, 1.807) is 6.92 Å². The van der Waals surface area contributed by atoms with E-state index in [1.807, 2.05) is 32.0 Å². The van der Waals surface area contributed by atoms with Crippen molar-refractivity contribution in [3.63, 3.8) is 0 Å². The number of amides is 1. The average molecular weight is 311 g/mol. The van der Waals surface area contributed by atoms with Gasteiger partial charge in [0.25, 0.3) is 5.91 Å². The first-order valence-electron chi connectivity index (χ1n) is 7.02. The van der Waals surface area contributed by atoms with Crippen LogP contribution < -0.4 is 10.1 Å². The number of hydrogen-bond donors (Lipinski definition) is 1. The molecule has 1 saturated heterocycles. The van der Waals surface area contributed by atoms with Gasteiger partial charge >= 0.3 is 0 Å². The van der Waals surface area contributed by atoms with Crippen molar-refractivity contribution < 1.29 is 17.9 Å². The van der Waals surface area contributed by atoms with Gasteiger partial charge in [0.1, 0.15) is 5.75 Å². The van der Waals surface area contributed by atoms with Crippen molar-refractivity contribution in [3.05, 3.63) is 29.3 Å². The van der Waals surface area contributed by atoms with Gasteiger partial charge in [-0.3, -0.25) is 4.79 Å². The van der Waals surface area contributed by atoms with Crippen molar-refractivity contribution in [2.75, 3.05) is 11.5 Å². The molecule has 6 heteroatoms. The molecule has 2 rings (SSSR count). The molecule has 1 aliphatic heterocycles. The molecule has 0 radical (unpaired) electrons. The Kier molecular flexibility index (Phi) is 4.56. The van der Waals surface area contributed by atoms with E-state index < -0.39 is 15.9 Å². The van der Waals surface area contributed by atoms with Crippen LogP contribution in [-0.2, 0) is 14.6 Å². The number of carbonyl (C=O) groups excluding carboxylic acids is 1. The summed E-state index contributed by atoms with van der Waals surface area (Å²) in [5, 5.41) is 2.75. The summed E-state index contributed by atoms with van der Waals surface area (Å²) in [7, 11) is -2.99. The van der Waals surface area contributed by atoms with Crippen LogP contribution in [0.3, 0.4) is 0 Å². The summed E-state index contributed by atoms with van der Waals surface area (Å²) in [6.07, 6.45) is -0.182. The number of nitrogens with one attached hydrogen (secondary N) is 1. The second kappa shape index (κ2) is 6.05. The van der Waals surface area contributed by atoms with Crippen molar-refractivity contribution in [1.29, 1.82) is 0 Å². The highest BCUT2D eigenvalue weighted by molar-refractivity contribution is 7.91. The number of aryl methyl sites for hydroxylation is 1. The zero-order valence-corrected chi connectivity index (χ0v) is 13.4. The number of rotatable bonds is 4. The minimum atomic E-state index is -2.99. The predicted octanol–water partition coefficient (Wildman–Crippen LogP) is 1.37. The van der Waals surface area contributed by atoms with Gasteiger partial charge in [0.2, 0.25) is 0 Å². The van der Waals surface area contributed by atoms with Crippen molar-refractivity contribution in [1.82, 2.24) is 5.32 Å². The molecular formula is C15H21NO4S. The Morgan fingerprint density at radius 3 is 2.71 bits per heavy atom. The number of sulfone groups is 1. The number of ether oxygens (including phenoxy) is 1. The Morgan fingerprint density at radius 1 is 1.38 bits per heavy atom. The van der Waals surface area contributed by atoms with E-state index in [1.165, 1.54) is 0 Å². The fourth-order valence-corrected chi connectivity index (χ4v) is 4.00. The molecule has 116 valence electrons. The van der Waals surface area contributed by atoms with Crippen LogP contribution >= 0.6 is 0 Å². The summed E-state index contributed by atoms with van der Waals surface area (Å²) in [6.45, 7) is 5.59. The van der Waals surface area contributed by atoms with Crippen molar-refractivity contribution in [3.8, 4) is 5.75 Å². The molecule has 2 atom stereocenters. The van der Waals surface area contributed by atoms with Crippen molar-refractivity contribution in [2.45, 2.75) is 39.3 Å². The van der Waals surface area contributed by atoms with Gasteiger partial charge in [0, 0.05) is 6.04 Å². The van der Waals surface area contributed by atoms with E-state index in [4.69, 9.17) is 4.74 Å². The Morgan fingerprint density at radius 2 is 2.10 bits per heavy atom. The molecule has 0 spiro atoms. The molecule has 1 N–H and O–H groups in total. The van der Waals surface area contributed by atoms with E-state index in [2.05, 4.69) is 5.32 Å². The molecule has 0 unspecified atom stereocenters. The molecule has 1 heterocycles. The van der Waals surface area contributed by atoms with Crippen LogP contribution in [0.25, 0.3) is 0 Å². The molecule has 0 saturated carbocycles. The monoisotopic (exact) mass is 311 g/mol. The highest BCUT2D eigenvalue weighted by Crippen LogP contribution is 2.22. The summed E-state index contributed by atoms with van der Waals surface area (Å²) in [6, 6.07) is 5.39. The smallest absolute Gasteiger partial charge is 0.261 e. The van der Waals surface area contributed by atoms with Gasteiger partial charge in [-0.15, -0.1) is 0 Å². The second-order valence-electron chi connectivity index (χ2n) is 5.57. The van der Waals surface area contributed by atoms with Gasteiger partial charge in [-0.1, -0.05) is 12.1 Å². The fraction of sp³-hybridized carbons (Fsp3) is 0.533. The van der Waals surface area contributed by atoms with Crippen molar-refractivity contribution >= 4 is 15.7 Å². The Labute approximate surface area is 125 Å². The lowest BCUT2D eigenvalue weighted by molar-refractivity contribution is -0.127. The normalized spacial score (nSPS) is 21.8. The summed E-state index contributed by atoms with van der Waals surface area (Å²) in [4.78, 5) is 12.1. The lowest BCUT2D eigenvalue weighted by atomic mass is 10.1. The van der Waals surface area contributed by atoms with E-state index >= 15 is 0 Å². The van der Waals surface area contributed by atoms with Crippen molar-refractivity contribution in [2.24, 2.45) is 0 Å². The third-order valence-electron chi connectivity index (χ3n) is 3.81. The first kappa shape index (κ1) is 15.8. The van der Waals surface area contributed by atoms with Crippen LogP contribution in [-0.4, -0.2) is 38.0 Å². The van der Waals surface area contributed by atoms with Gasteiger partial charge in [0.15, 0.2) is 15.9 Å². The quantitative estimate of drug-likeness (QED) is 0.911. The van der Waals surface area contributed by atoms with Gasteiger partial charge in [0.05, 0.1) is 11.5 Å². The molecular weight excluding hydrogens is 290 g/mol. The van der Waals surface area contributed by atoms with Gasteiger partial charge in [-0.25, -0.2) is 8.42 Å². The molecule has 0 aliphatic carbocycles. The van der Waals surface area contributed by atoms with Gasteiger partial charge in [-0.05, 0) is 44.4 Å². The first-order valence-corrected chi connectivity index (χ1v) is 8.84. The number of benzene rings is 1. The van der Waals surface area contributed by atoms with E-state index in [-0.39, 0.29) is 23.5 Å². The second-order valence-corrected chi connectivity index (χ2v) is 7.80. The minimum Gasteiger partial charge on any atom is -0.481 e. The van der Waals surface area contributed by atoms with Crippen LogP contribution in [0.5, 0.6) is 5.75 Å². The lowest BCUT2D eigenvalue weighted by Gasteiger charge is -2.19. The Balaban J connectivity index is 1.95. The SMILES string of the molecule is Cc1cccc(O[C@H](C)C(=O)N[C@@H]2CCS(=O)(=O)C2)c1C. The highest BCUT2D eigenvalue weighted by Gasteiger charge is 2.30. The lowest BCUT2D eigenvalue weighted by Crippen LogP contribution is -2.43. The molecule has 0 bridgehead atoms. The predicted molar refractivity (Wildman–Crippen MR) is 81.2 cm³/mol. The molecule has 1 aromatic rings. The van der Waals surface area contributed by atoms with Crippen LogP contribution in [0, 0.1) is 13.8 Å². The molecule has 1 amide bonds. The zero-order valence-electron chi connectivity index (χ0n) is 12.5. The van der Waals surface area contributed by atoms with E-state index in [0.29, 0.717) is 12.2 Å². The Bertz CT molecular complexity index is 639. The minimum absolute atomic E-state index is 0.0228. The maximum Gasteiger partial charge on any atom is 0.261 e. The molecule has 21 heavy (non-hydrogen) atoms. The molecule has 0 aromatic heterocycles. The van der Waals surface area contributed by atoms with Gasteiger partial charge < -0.3 is 10.1 Å². The van der Waals surface area contributed by atoms with E-state index in [9.17, 15) is 13.2 Å². The van der Waals surface area contributed by atoms with E-state index in [0.717, 1.165) is 11.1 Å². The molecule has 5 nitrogen and oxygen atoms in total. The third kappa shape index (κ3) is 3.97. The maximum absolute atomic E-state index is 12.1. The average Bonchev–Trinajstić information content (AvgIpc) is 2.74. The molecule has 1 aromatic carbocycles. The topological polar surface area (TPSA) is 72.5 Å². The van der Waals surface area contributed by atoms with Crippen LogP contribution in [0.1, 0.15) is 24.5 Å². The maximum atomic E-state index is 12.1. The zero-order chi connectivity index (χ0) is 15.6. The first-order chi connectivity index (χ1) is 9.78. The summed E-state index contributed by atoms with van der Waals surface area (Å²) < 4.78 is 28.5. The van der Waals surface area contributed by atoms with Gasteiger partial charge in [-0.2, -0.15) is 0 Å². The summed E-state index contributed by atoms with van der Waals surface area (Å²) in [5.41, 5.74) is 2.10. The summed E-state index contributed by atoms with van der Waals surface area (Å²) >= 11 is 0. The summed E-state index contributed by atoms with van der Waals surface area (Å²) in [5.74, 6) is 0.564. The fourth-order valence-electron chi connectivity index (χ4n) is 2.32. The van der Waals surface area contributed by atoms with Crippen LogP contribution in [0.2, 0.25) is 0 Å². The largest absolute Gasteiger partial charge is 0.481 e. The number of carbonyl (C=O) groups is 1. The Hall–Kier alpha value is -1.56. The number of hydrogen-bond acceptors (Lipinski definition) is 4. The molecule has 1 aliphatic rings. The van der Waals surface area contributed by atoms with Crippen LogP contribution in [0.15, 0.2) is 18.2 Å². The standard InChI is InChI=1S/C15H21NO4S/c1-10-5-4-6-14(11(10)2)20-12(3)15(17)16-13-7-8-21(18,19)9-13/h4-6,12-13H,7-9H2,1-3H3,(H,16,17)/t12-,13-/m1/s1. The molecule has 1 fully saturated rings. The van der Waals surface area contributed by atoms with Crippen LogP contribution in [0.4, 0.5) is 0 Å². The highest BCUT2D eigenvalue weighted by atomic mass is 32.2.